The van der Waals surface area contributed by atoms with Crippen LogP contribution >= 0.6 is 11.5 Å². The first-order valence-corrected chi connectivity index (χ1v) is 7.97. The third-order valence-corrected chi connectivity index (χ3v) is 4.49. The number of rotatable bonds is 4. The van der Waals surface area contributed by atoms with E-state index in [1.165, 1.54) is 17.1 Å². The van der Waals surface area contributed by atoms with Gasteiger partial charge in [-0.2, -0.15) is 9.47 Å². The summed E-state index contributed by atoms with van der Waals surface area (Å²) in [7, 11) is 0. The van der Waals surface area contributed by atoms with Crippen LogP contribution < -0.4 is 5.32 Å². The maximum atomic E-state index is 12.1. The van der Waals surface area contributed by atoms with E-state index in [1.54, 1.807) is 0 Å². The number of benzene rings is 1. The second-order valence-electron chi connectivity index (χ2n) is 5.43. The summed E-state index contributed by atoms with van der Waals surface area (Å²) in [5.74, 6) is -0.0114. The van der Waals surface area contributed by atoms with E-state index >= 15 is 0 Å². The maximum absolute atomic E-state index is 12.1. The number of carbonyl (C=O) groups is 1. The first-order chi connectivity index (χ1) is 10.5. The Morgan fingerprint density at radius 2 is 2.14 bits per heavy atom. The van der Waals surface area contributed by atoms with Crippen LogP contribution in [-0.4, -0.2) is 20.1 Å². The van der Waals surface area contributed by atoms with Crippen molar-refractivity contribution in [3.8, 4) is 0 Å². The highest BCUT2D eigenvalue weighted by atomic mass is 32.1. The molecule has 114 valence electrons. The van der Waals surface area contributed by atoms with Gasteiger partial charge in [-0.1, -0.05) is 12.1 Å². The molecule has 0 radical (unpaired) electrons. The van der Waals surface area contributed by atoms with Crippen molar-refractivity contribution in [2.45, 2.75) is 33.7 Å². The Morgan fingerprint density at radius 3 is 2.86 bits per heavy atom. The lowest BCUT2D eigenvalue weighted by molar-refractivity contribution is -0.116. The van der Waals surface area contributed by atoms with Crippen LogP contribution in [0.25, 0.3) is 10.9 Å². The second-order valence-corrected chi connectivity index (χ2v) is 6.40. The molecule has 22 heavy (non-hydrogen) atoms. The van der Waals surface area contributed by atoms with Crippen LogP contribution in [0.1, 0.15) is 22.6 Å². The Bertz CT molecular complexity index is 814. The van der Waals surface area contributed by atoms with E-state index in [4.69, 9.17) is 0 Å². The fraction of sp³-hybridized carbons (Fsp3) is 0.312. The van der Waals surface area contributed by atoms with Crippen molar-refractivity contribution in [1.29, 1.82) is 0 Å². The van der Waals surface area contributed by atoms with Gasteiger partial charge in [-0.25, -0.2) is 0 Å². The van der Waals surface area contributed by atoms with Crippen molar-refractivity contribution >= 4 is 34.0 Å². The highest BCUT2D eigenvalue weighted by Gasteiger charge is 2.11. The summed E-state index contributed by atoms with van der Waals surface area (Å²) in [4.78, 5) is 13.2. The molecule has 0 saturated heterocycles. The molecule has 6 heteroatoms. The maximum Gasteiger partial charge on any atom is 0.226 e. The lowest BCUT2D eigenvalue weighted by Crippen LogP contribution is -2.15. The largest absolute Gasteiger partial charge is 0.323 e. The Morgan fingerprint density at radius 1 is 1.32 bits per heavy atom. The monoisotopic (exact) mass is 314 g/mol. The molecular formula is C16H18N4OS. The van der Waals surface area contributed by atoms with E-state index in [1.807, 2.05) is 24.7 Å². The molecule has 0 unspecified atom stereocenters. The smallest absolute Gasteiger partial charge is 0.226 e. The summed E-state index contributed by atoms with van der Waals surface area (Å²) in [6, 6.07) is 6.21. The molecule has 0 spiro atoms. The summed E-state index contributed by atoms with van der Waals surface area (Å²) < 4.78 is 6.12. The van der Waals surface area contributed by atoms with Crippen molar-refractivity contribution in [3.05, 3.63) is 40.5 Å². The van der Waals surface area contributed by atoms with Crippen LogP contribution in [0, 0.1) is 20.8 Å². The molecular weight excluding hydrogens is 296 g/mol. The molecule has 0 fully saturated rings. The van der Waals surface area contributed by atoms with Crippen LogP contribution in [0.4, 0.5) is 5.69 Å². The molecule has 1 N–H and O–H groups in total. The van der Waals surface area contributed by atoms with Gasteiger partial charge in [0, 0.05) is 16.7 Å². The van der Waals surface area contributed by atoms with Crippen molar-refractivity contribution in [3.63, 3.8) is 0 Å². The molecule has 2 aromatic heterocycles. The number of anilines is 1. The van der Waals surface area contributed by atoms with Crippen LogP contribution in [0.5, 0.6) is 0 Å². The van der Waals surface area contributed by atoms with Crippen LogP contribution in [0.2, 0.25) is 0 Å². The van der Waals surface area contributed by atoms with Gasteiger partial charge in [0.2, 0.25) is 5.91 Å². The molecule has 0 aliphatic rings. The van der Waals surface area contributed by atoms with Crippen molar-refractivity contribution < 1.29 is 4.79 Å². The lowest BCUT2D eigenvalue weighted by atomic mass is 10.2. The van der Waals surface area contributed by atoms with Gasteiger partial charge in [-0.3, -0.25) is 9.48 Å². The van der Waals surface area contributed by atoms with Gasteiger partial charge in [-0.05, 0) is 43.9 Å². The average molecular weight is 314 g/mol. The molecule has 3 rings (SSSR count). The van der Waals surface area contributed by atoms with E-state index in [-0.39, 0.29) is 5.91 Å². The molecule has 1 aromatic carbocycles. The summed E-state index contributed by atoms with van der Waals surface area (Å²) in [6.45, 7) is 6.49. The molecule has 3 aromatic rings. The third-order valence-electron chi connectivity index (χ3n) is 3.65. The molecule has 0 aliphatic carbocycles. The summed E-state index contributed by atoms with van der Waals surface area (Å²) in [5.41, 5.74) is 3.97. The van der Waals surface area contributed by atoms with Gasteiger partial charge in [-0.15, -0.1) is 0 Å². The zero-order valence-electron chi connectivity index (χ0n) is 12.9. The molecule has 5 nitrogen and oxygen atoms in total. The Kier molecular flexibility index (Phi) is 3.94. The topological polar surface area (TPSA) is 59.8 Å². The Balaban J connectivity index is 1.69. The minimum absolute atomic E-state index is 0.0114. The van der Waals surface area contributed by atoms with Gasteiger partial charge in [0.05, 0.1) is 29.6 Å². The number of amides is 1. The van der Waals surface area contributed by atoms with Gasteiger partial charge < -0.3 is 5.32 Å². The SMILES string of the molecule is Cc1ccc2cnn(CCC(=O)Nc3c(C)nsc3C)c2c1. The number of carbonyl (C=O) groups excluding carboxylic acids is 1. The van der Waals surface area contributed by atoms with E-state index in [2.05, 4.69) is 39.9 Å². The number of nitrogens with zero attached hydrogens (tertiary/aromatic N) is 3. The van der Waals surface area contributed by atoms with Crippen LogP contribution in [-0.2, 0) is 11.3 Å². The van der Waals surface area contributed by atoms with E-state index in [0.717, 1.165) is 27.2 Å². The number of aryl methyl sites for hydroxylation is 4. The van der Waals surface area contributed by atoms with Crippen molar-refractivity contribution in [2.24, 2.45) is 0 Å². The fourth-order valence-corrected chi connectivity index (χ4v) is 3.08. The zero-order valence-corrected chi connectivity index (χ0v) is 13.7. The second kappa shape index (κ2) is 5.88. The molecule has 0 aliphatic heterocycles. The third kappa shape index (κ3) is 2.87. The fourth-order valence-electron chi connectivity index (χ4n) is 2.43. The number of hydrogen-bond donors (Lipinski definition) is 1. The van der Waals surface area contributed by atoms with Gasteiger partial charge in [0.15, 0.2) is 0 Å². The highest BCUT2D eigenvalue weighted by Crippen LogP contribution is 2.23. The predicted octanol–water partition coefficient (Wildman–Crippen LogP) is 3.45. The minimum Gasteiger partial charge on any atom is -0.323 e. The minimum atomic E-state index is -0.0114. The number of hydrogen-bond acceptors (Lipinski definition) is 4. The van der Waals surface area contributed by atoms with E-state index < -0.39 is 0 Å². The molecule has 0 saturated carbocycles. The summed E-state index contributed by atoms with van der Waals surface area (Å²) >= 11 is 1.41. The van der Waals surface area contributed by atoms with E-state index in [0.29, 0.717) is 13.0 Å². The van der Waals surface area contributed by atoms with Crippen LogP contribution in [0.3, 0.4) is 0 Å². The first kappa shape index (κ1) is 14.7. The number of fused-ring (bicyclic) bond motifs is 1. The van der Waals surface area contributed by atoms with Crippen molar-refractivity contribution in [2.75, 3.05) is 5.32 Å². The molecule has 0 atom stereocenters. The Labute approximate surface area is 133 Å². The normalized spacial score (nSPS) is 11.0. The average Bonchev–Trinajstić information content (AvgIpc) is 3.03. The number of aromatic nitrogens is 3. The Hall–Kier alpha value is -2.21. The van der Waals surface area contributed by atoms with E-state index in [9.17, 15) is 4.79 Å². The summed E-state index contributed by atoms with van der Waals surface area (Å²) in [5, 5.41) is 8.41. The quantitative estimate of drug-likeness (QED) is 0.802. The standard InChI is InChI=1S/C16H18N4OS/c1-10-4-5-13-9-17-20(14(13)8-10)7-6-15(21)18-16-11(2)19-22-12(16)3/h4-5,8-9H,6-7H2,1-3H3,(H,18,21). The molecule has 1 amide bonds. The van der Waals surface area contributed by atoms with Gasteiger partial charge >= 0.3 is 0 Å². The zero-order chi connectivity index (χ0) is 15.7. The first-order valence-electron chi connectivity index (χ1n) is 7.19. The lowest BCUT2D eigenvalue weighted by Gasteiger charge is -2.06. The molecule has 0 bridgehead atoms. The highest BCUT2D eigenvalue weighted by molar-refractivity contribution is 7.06. The summed E-state index contributed by atoms with van der Waals surface area (Å²) in [6.07, 6.45) is 2.23. The molecule has 2 heterocycles. The van der Waals surface area contributed by atoms with Gasteiger partial charge in [0.1, 0.15) is 0 Å². The van der Waals surface area contributed by atoms with Crippen molar-refractivity contribution in [1.82, 2.24) is 14.2 Å². The van der Waals surface area contributed by atoms with Gasteiger partial charge in [0.25, 0.3) is 0 Å². The number of nitrogens with one attached hydrogen (secondary N) is 1. The predicted molar refractivity (Wildman–Crippen MR) is 89.3 cm³/mol. The van der Waals surface area contributed by atoms with Crippen LogP contribution in [0.15, 0.2) is 24.4 Å².